The Balaban J connectivity index is 0.00000220. The summed E-state index contributed by atoms with van der Waals surface area (Å²) in [5.74, 6) is 2.40. The fourth-order valence-electron chi connectivity index (χ4n) is 1.90. The van der Waals surface area contributed by atoms with E-state index >= 15 is 0 Å². The molecule has 1 saturated carbocycles. The van der Waals surface area contributed by atoms with Gasteiger partial charge in [-0.1, -0.05) is 24.6 Å². The Hall–Kier alpha value is -0.690. The molecule has 1 aromatic rings. The van der Waals surface area contributed by atoms with Crippen LogP contribution in [0.3, 0.4) is 0 Å². The summed E-state index contributed by atoms with van der Waals surface area (Å²) < 4.78 is 5.61. The lowest BCUT2D eigenvalue weighted by Crippen LogP contribution is -2.39. The number of nitrogens with one attached hydrogen (secondary N) is 2. The number of nitrogens with zero attached hydrogens (tertiary/aromatic N) is 1. The number of rotatable bonds is 6. The molecule has 0 aliphatic heterocycles. The molecule has 0 bridgehead atoms. The summed E-state index contributed by atoms with van der Waals surface area (Å²) in [5.41, 5.74) is 0. The summed E-state index contributed by atoms with van der Waals surface area (Å²) in [5, 5.41) is 7.34. The third kappa shape index (κ3) is 6.74. The highest BCUT2D eigenvalue weighted by Crippen LogP contribution is 2.28. The van der Waals surface area contributed by atoms with Gasteiger partial charge in [0.05, 0.1) is 6.54 Å². The van der Waals surface area contributed by atoms with E-state index in [0.717, 1.165) is 24.2 Å². The average molecular weight is 424 g/mol. The maximum absolute atomic E-state index is 5.90. The van der Waals surface area contributed by atoms with Crippen LogP contribution < -0.4 is 15.4 Å². The first kappa shape index (κ1) is 18.4. The number of guanidine groups is 1. The van der Waals surface area contributed by atoms with Crippen molar-refractivity contribution in [2.24, 2.45) is 10.9 Å². The molecule has 2 unspecified atom stereocenters. The van der Waals surface area contributed by atoms with Gasteiger partial charge < -0.3 is 15.4 Å². The van der Waals surface area contributed by atoms with Crippen molar-refractivity contribution in [3.05, 3.63) is 29.3 Å². The minimum absolute atomic E-state index is 0. The van der Waals surface area contributed by atoms with Crippen molar-refractivity contribution in [2.45, 2.75) is 26.3 Å². The lowest BCUT2D eigenvalue weighted by Gasteiger charge is -2.11. The van der Waals surface area contributed by atoms with E-state index in [0.29, 0.717) is 24.2 Å². The van der Waals surface area contributed by atoms with Crippen LogP contribution in [0.25, 0.3) is 0 Å². The zero-order chi connectivity index (χ0) is 14.4. The van der Waals surface area contributed by atoms with Gasteiger partial charge in [-0.15, -0.1) is 24.0 Å². The van der Waals surface area contributed by atoms with E-state index in [1.54, 1.807) is 6.07 Å². The third-order valence-corrected chi connectivity index (χ3v) is 3.44. The summed E-state index contributed by atoms with van der Waals surface area (Å²) in [4.78, 5) is 4.50. The van der Waals surface area contributed by atoms with E-state index in [-0.39, 0.29) is 24.0 Å². The second-order valence-electron chi connectivity index (χ2n) is 5.03. The number of hydrogen-bond donors (Lipinski definition) is 2. The molecule has 0 aromatic heterocycles. The molecule has 1 aromatic carbocycles. The fourth-order valence-corrected chi connectivity index (χ4v) is 2.08. The summed E-state index contributed by atoms with van der Waals surface area (Å²) in [6.07, 6.45) is 1.23. The van der Waals surface area contributed by atoms with Crippen molar-refractivity contribution in [1.82, 2.24) is 10.6 Å². The van der Waals surface area contributed by atoms with E-state index in [2.05, 4.69) is 29.5 Å². The predicted octanol–water partition coefficient (Wildman–Crippen LogP) is 3.30. The fraction of sp³-hybridized carbons (Fsp3) is 0.533. The molecule has 1 aliphatic carbocycles. The average Bonchev–Trinajstić information content (AvgIpc) is 3.10. The Kier molecular flexibility index (Phi) is 8.18. The lowest BCUT2D eigenvalue weighted by atomic mass is 10.3. The molecular formula is C15H23ClIN3O. The number of aliphatic imine (C=N–C) groups is 1. The minimum atomic E-state index is 0. The van der Waals surface area contributed by atoms with Crippen LogP contribution in [-0.2, 0) is 0 Å². The summed E-state index contributed by atoms with van der Waals surface area (Å²) in [6, 6.07) is 7.98. The highest BCUT2D eigenvalue weighted by Gasteiger charge is 2.33. The summed E-state index contributed by atoms with van der Waals surface area (Å²) >= 11 is 5.90. The Morgan fingerprint density at radius 3 is 2.86 bits per heavy atom. The molecule has 0 amide bonds. The van der Waals surface area contributed by atoms with E-state index in [9.17, 15) is 0 Å². The normalized spacial score (nSPS) is 20.4. The van der Waals surface area contributed by atoms with Crippen LogP contribution in [0, 0.1) is 5.92 Å². The molecule has 0 spiro atoms. The Morgan fingerprint density at radius 1 is 1.48 bits per heavy atom. The first-order valence-corrected chi connectivity index (χ1v) is 7.50. The van der Waals surface area contributed by atoms with Gasteiger partial charge in [0.15, 0.2) is 5.96 Å². The molecule has 118 valence electrons. The maximum Gasteiger partial charge on any atom is 0.191 e. The third-order valence-electron chi connectivity index (χ3n) is 3.20. The SMILES string of the molecule is CCNC(=NCCOc1cccc(Cl)c1)NC1CC1C.I. The molecule has 0 heterocycles. The van der Waals surface area contributed by atoms with Crippen LogP contribution in [0.15, 0.2) is 29.3 Å². The van der Waals surface area contributed by atoms with Crippen LogP contribution in [-0.4, -0.2) is 31.7 Å². The highest BCUT2D eigenvalue weighted by atomic mass is 127. The standard InChI is InChI=1S/C15H22ClN3O.HI/c1-3-17-15(19-14-9-11(14)2)18-7-8-20-13-6-4-5-12(16)10-13;/h4-6,10-11,14H,3,7-9H2,1-2H3,(H2,17,18,19);1H. The van der Waals surface area contributed by atoms with Crippen molar-refractivity contribution >= 4 is 41.5 Å². The first-order valence-electron chi connectivity index (χ1n) is 7.12. The zero-order valence-electron chi connectivity index (χ0n) is 12.4. The summed E-state index contributed by atoms with van der Waals surface area (Å²) in [7, 11) is 0. The van der Waals surface area contributed by atoms with Crippen LogP contribution in [0.1, 0.15) is 20.3 Å². The van der Waals surface area contributed by atoms with Crippen LogP contribution in [0.2, 0.25) is 5.02 Å². The highest BCUT2D eigenvalue weighted by molar-refractivity contribution is 14.0. The monoisotopic (exact) mass is 423 g/mol. The molecular weight excluding hydrogens is 401 g/mol. The molecule has 4 nitrogen and oxygen atoms in total. The second-order valence-corrected chi connectivity index (χ2v) is 5.47. The molecule has 6 heteroatoms. The van der Waals surface area contributed by atoms with Gasteiger partial charge in [0, 0.05) is 17.6 Å². The topological polar surface area (TPSA) is 45.7 Å². The number of ether oxygens (including phenoxy) is 1. The quantitative estimate of drug-likeness (QED) is 0.319. The van der Waals surface area contributed by atoms with Gasteiger partial charge in [0.1, 0.15) is 12.4 Å². The van der Waals surface area contributed by atoms with E-state index in [1.165, 1.54) is 6.42 Å². The molecule has 1 aliphatic rings. The van der Waals surface area contributed by atoms with E-state index in [4.69, 9.17) is 16.3 Å². The smallest absolute Gasteiger partial charge is 0.191 e. The second kappa shape index (κ2) is 9.35. The number of hydrogen-bond acceptors (Lipinski definition) is 2. The van der Waals surface area contributed by atoms with Crippen molar-refractivity contribution in [3.8, 4) is 5.75 Å². The molecule has 2 atom stereocenters. The van der Waals surface area contributed by atoms with Gasteiger partial charge >= 0.3 is 0 Å². The molecule has 0 radical (unpaired) electrons. The van der Waals surface area contributed by atoms with E-state index < -0.39 is 0 Å². The van der Waals surface area contributed by atoms with Gasteiger partial charge in [-0.25, -0.2) is 4.99 Å². The van der Waals surface area contributed by atoms with Gasteiger partial charge in [-0.3, -0.25) is 0 Å². The first-order chi connectivity index (χ1) is 9.69. The molecule has 2 rings (SSSR count). The molecule has 1 fully saturated rings. The van der Waals surface area contributed by atoms with Crippen molar-refractivity contribution in [2.75, 3.05) is 19.7 Å². The van der Waals surface area contributed by atoms with Crippen molar-refractivity contribution in [3.63, 3.8) is 0 Å². The summed E-state index contributed by atoms with van der Waals surface area (Å²) in [6.45, 7) is 6.32. The van der Waals surface area contributed by atoms with E-state index in [1.807, 2.05) is 18.2 Å². The Morgan fingerprint density at radius 2 is 2.24 bits per heavy atom. The van der Waals surface area contributed by atoms with Crippen LogP contribution >= 0.6 is 35.6 Å². The number of benzene rings is 1. The van der Waals surface area contributed by atoms with Crippen LogP contribution in [0.4, 0.5) is 0 Å². The molecule has 21 heavy (non-hydrogen) atoms. The zero-order valence-corrected chi connectivity index (χ0v) is 15.5. The Bertz CT molecular complexity index is 470. The maximum atomic E-state index is 5.90. The van der Waals surface area contributed by atoms with Gasteiger partial charge in [0.25, 0.3) is 0 Å². The van der Waals surface area contributed by atoms with Crippen molar-refractivity contribution in [1.29, 1.82) is 0 Å². The van der Waals surface area contributed by atoms with Gasteiger partial charge in [-0.2, -0.15) is 0 Å². The molecule has 0 saturated heterocycles. The Labute approximate surface area is 148 Å². The van der Waals surface area contributed by atoms with Crippen LogP contribution in [0.5, 0.6) is 5.75 Å². The minimum Gasteiger partial charge on any atom is -0.492 e. The predicted molar refractivity (Wildman–Crippen MR) is 99.0 cm³/mol. The lowest BCUT2D eigenvalue weighted by molar-refractivity contribution is 0.328. The van der Waals surface area contributed by atoms with Gasteiger partial charge in [0.2, 0.25) is 0 Å². The van der Waals surface area contributed by atoms with Gasteiger partial charge in [-0.05, 0) is 37.5 Å². The van der Waals surface area contributed by atoms with Crippen molar-refractivity contribution < 1.29 is 4.74 Å². The number of halogens is 2. The largest absolute Gasteiger partial charge is 0.492 e. The molecule has 2 N–H and O–H groups in total.